The van der Waals surface area contributed by atoms with E-state index < -0.39 is 0 Å². The van der Waals surface area contributed by atoms with E-state index >= 15 is 0 Å². The van der Waals surface area contributed by atoms with E-state index in [1.54, 1.807) is 24.3 Å². The zero-order valence-corrected chi connectivity index (χ0v) is 8.38. The zero-order chi connectivity index (χ0) is 10.7. The number of aromatic nitrogens is 3. The van der Waals surface area contributed by atoms with E-state index in [0.717, 1.165) is 11.3 Å². The second kappa shape index (κ2) is 4.14. The molecule has 0 amide bonds. The van der Waals surface area contributed by atoms with Crippen LogP contribution in [0.25, 0.3) is 0 Å². The molecule has 2 rings (SSSR count). The van der Waals surface area contributed by atoms with Gasteiger partial charge in [-0.15, -0.1) is 5.10 Å². The highest BCUT2D eigenvalue weighted by Gasteiger charge is 2.06. The first-order valence-electron chi connectivity index (χ1n) is 4.53. The van der Waals surface area contributed by atoms with Crippen molar-refractivity contribution in [2.24, 2.45) is 12.8 Å². The molecule has 15 heavy (non-hydrogen) atoms. The molecule has 0 unspecified atom stereocenters. The molecule has 0 saturated carbocycles. The number of nitrogens with two attached hydrogens (primary N) is 1. The van der Waals surface area contributed by atoms with E-state index in [2.05, 4.69) is 10.1 Å². The van der Waals surface area contributed by atoms with Gasteiger partial charge in [0.05, 0.1) is 12.8 Å². The van der Waals surface area contributed by atoms with E-state index in [1.165, 1.54) is 0 Å². The number of hydrogen-bond acceptors (Lipinski definition) is 5. The number of hydrogen-bond donors (Lipinski definition) is 1. The summed E-state index contributed by atoms with van der Waals surface area (Å²) in [5.74, 6) is 0.728. The maximum atomic E-state index is 5.48. The van der Waals surface area contributed by atoms with Gasteiger partial charge in [0.25, 0.3) is 0 Å². The van der Waals surface area contributed by atoms with E-state index in [9.17, 15) is 0 Å². The monoisotopic (exact) mass is 208 g/mol. The van der Waals surface area contributed by atoms with E-state index in [1.807, 2.05) is 6.07 Å². The molecule has 2 aromatic rings. The van der Waals surface area contributed by atoms with Gasteiger partial charge >= 0.3 is 6.01 Å². The molecule has 0 fully saturated rings. The van der Waals surface area contributed by atoms with Crippen LogP contribution in [0.4, 0.5) is 0 Å². The van der Waals surface area contributed by atoms with Gasteiger partial charge in [-0.3, -0.25) is 4.68 Å². The third-order valence-electron chi connectivity index (χ3n) is 1.96. The Morgan fingerprint density at radius 1 is 1.60 bits per heavy atom. The van der Waals surface area contributed by atoms with Crippen molar-refractivity contribution in [1.82, 2.24) is 14.8 Å². The normalized spacial score (nSPS) is 10.5. The highest BCUT2D eigenvalue weighted by Crippen LogP contribution is 2.12. The first-order chi connectivity index (χ1) is 7.29. The number of aryl methyl sites for hydroxylation is 1. The molecule has 0 aromatic carbocycles. The second-order valence-corrected chi connectivity index (χ2v) is 3.06. The van der Waals surface area contributed by atoms with Crippen LogP contribution in [0, 0.1) is 0 Å². The van der Waals surface area contributed by atoms with E-state index in [4.69, 9.17) is 14.9 Å². The lowest BCUT2D eigenvalue weighted by atomic mass is 10.2. The van der Waals surface area contributed by atoms with Gasteiger partial charge in [-0.25, -0.2) is 0 Å². The maximum absolute atomic E-state index is 5.48. The van der Waals surface area contributed by atoms with Gasteiger partial charge in [-0.05, 0) is 6.07 Å². The van der Waals surface area contributed by atoms with Gasteiger partial charge < -0.3 is 14.9 Å². The molecule has 0 atom stereocenters. The summed E-state index contributed by atoms with van der Waals surface area (Å²) >= 11 is 0. The summed E-state index contributed by atoms with van der Waals surface area (Å²) in [5.41, 5.74) is 6.40. The molecule has 2 heterocycles. The molecule has 0 aliphatic carbocycles. The minimum Gasteiger partial charge on any atom is -0.468 e. The molecule has 2 aromatic heterocycles. The first-order valence-corrected chi connectivity index (χ1v) is 4.53. The molecule has 80 valence electrons. The van der Waals surface area contributed by atoms with Crippen LogP contribution < -0.4 is 10.5 Å². The molecule has 0 bridgehead atoms. The van der Waals surface area contributed by atoms with Crippen molar-refractivity contribution in [2.75, 3.05) is 0 Å². The topological polar surface area (TPSA) is 79.1 Å². The summed E-state index contributed by atoms with van der Waals surface area (Å²) in [7, 11) is 1.78. The fraction of sp³-hybridized carbons (Fsp3) is 0.333. The summed E-state index contributed by atoms with van der Waals surface area (Å²) in [6.45, 7) is 0.731. The maximum Gasteiger partial charge on any atom is 0.335 e. The third kappa shape index (κ3) is 2.16. The van der Waals surface area contributed by atoms with Gasteiger partial charge in [-0.2, -0.15) is 4.98 Å². The molecule has 0 spiro atoms. The van der Waals surface area contributed by atoms with Crippen molar-refractivity contribution >= 4 is 0 Å². The lowest BCUT2D eigenvalue weighted by Gasteiger charge is -2.00. The average Bonchev–Trinajstić information content (AvgIpc) is 2.83. The number of furan rings is 1. The summed E-state index contributed by atoms with van der Waals surface area (Å²) in [4.78, 5) is 3.94. The van der Waals surface area contributed by atoms with Crippen molar-refractivity contribution in [3.05, 3.63) is 30.0 Å². The standard InChI is InChI=1S/C9H12N4O2/c1-13-6-11-9(12-13)15-5-7-2-3-14-8(7)4-10/h2-3,6H,4-5,10H2,1H3. The van der Waals surface area contributed by atoms with Crippen molar-refractivity contribution in [1.29, 1.82) is 0 Å². The molecular weight excluding hydrogens is 196 g/mol. The van der Waals surface area contributed by atoms with E-state index in [0.29, 0.717) is 19.2 Å². The molecule has 0 saturated heterocycles. The highest BCUT2D eigenvalue weighted by atomic mass is 16.5. The fourth-order valence-corrected chi connectivity index (χ4v) is 1.20. The van der Waals surface area contributed by atoms with Gasteiger partial charge in [0, 0.05) is 12.6 Å². The molecule has 0 aliphatic rings. The van der Waals surface area contributed by atoms with Crippen LogP contribution in [0.3, 0.4) is 0 Å². The van der Waals surface area contributed by atoms with Crippen LogP contribution in [-0.2, 0) is 20.2 Å². The first kappa shape index (κ1) is 9.72. The molecule has 2 N–H and O–H groups in total. The van der Waals surface area contributed by atoms with Crippen LogP contribution in [0.2, 0.25) is 0 Å². The predicted molar refractivity (Wildman–Crippen MR) is 51.9 cm³/mol. The van der Waals surface area contributed by atoms with E-state index in [-0.39, 0.29) is 0 Å². The van der Waals surface area contributed by atoms with Gasteiger partial charge in [0.15, 0.2) is 0 Å². The highest BCUT2D eigenvalue weighted by molar-refractivity contribution is 5.16. The van der Waals surface area contributed by atoms with Crippen LogP contribution in [0.1, 0.15) is 11.3 Å². The number of nitrogens with zero attached hydrogens (tertiary/aromatic N) is 3. The third-order valence-corrected chi connectivity index (χ3v) is 1.96. The fourth-order valence-electron chi connectivity index (χ4n) is 1.20. The summed E-state index contributed by atoms with van der Waals surface area (Å²) in [6.07, 6.45) is 3.17. The van der Waals surface area contributed by atoms with Crippen LogP contribution >= 0.6 is 0 Å². The van der Waals surface area contributed by atoms with Crippen molar-refractivity contribution < 1.29 is 9.15 Å². The second-order valence-electron chi connectivity index (χ2n) is 3.06. The Balaban J connectivity index is 1.98. The number of ether oxygens (including phenoxy) is 1. The van der Waals surface area contributed by atoms with Crippen LogP contribution in [-0.4, -0.2) is 14.8 Å². The Morgan fingerprint density at radius 3 is 3.13 bits per heavy atom. The smallest absolute Gasteiger partial charge is 0.335 e. The lowest BCUT2D eigenvalue weighted by Crippen LogP contribution is -2.02. The summed E-state index contributed by atoms with van der Waals surface area (Å²) < 4.78 is 12.1. The van der Waals surface area contributed by atoms with Gasteiger partial charge in [0.1, 0.15) is 18.7 Å². The molecule has 6 heteroatoms. The number of rotatable bonds is 4. The van der Waals surface area contributed by atoms with Crippen molar-refractivity contribution in [2.45, 2.75) is 13.2 Å². The minimum absolute atomic E-state index is 0.349. The van der Waals surface area contributed by atoms with Gasteiger partial charge in [0.2, 0.25) is 0 Å². The van der Waals surface area contributed by atoms with Crippen LogP contribution in [0.5, 0.6) is 6.01 Å². The summed E-state index contributed by atoms with van der Waals surface area (Å²) in [5, 5.41) is 3.99. The zero-order valence-electron chi connectivity index (χ0n) is 8.38. The quantitative estimate of drug-likeness (QED) is 0.788. The average molecular weight is 208 g/mol. The molecule has 0 aliphatic heterocycles. The van der Waals surface area contributed by atoms with Crippen LogP contribution in [0.15, 0.2) is 23.1 Å². The Morgan fingerprint density at radius 2 is 2.47 bits per heavy atom. The Bertz CT molecular complexity index is 435. The molecule has 0 radical (unpaired) electrons. The Labute approximate surface area is 86.7 Å². The minimum atomic E-state index is 0.349. The van der Waals surface area contributed by atoms with Crippen molar-refractivity contribution in [3.63, 3.8) is 0 Å². The largest absolute Gasteiger partial charge is 0.468 e. The SMILES string of the molecule is Cn1cnc(OCc2ccoc2CN)n1. The Kier molecular flexibility index (Phi) is 2.68. The lowest BCUT2D eigenvalue weighted by molar-refractivity contribution is 0.277. The predicted octanol–water partition coefficient (Wildman–Crippen LogP) is 0.446. The van der Waals surface area contributed by atoms with Gasteiger partial charge in [-0.1, -0.05) is 0 Å². The molecular formula is C9H12N4O2. The molecule has 6 nitrogen and oxygen atoms in total. The summed E-state index contributed by atoms with van der Waals surface area (Å²) in [6, 6.07) is 2.17. The van der Waals surface area contributed by atoms with Crippen molar-refractivity contribution in [3.8, 4) is 6.01 Å². The Hall–Kier alpha value is -1.82.